The topological polar surface area (TPSA) is 55.4 Å². The quantitative estimate of drug-likeness (QED) is 0.657. The number of carbonyl (C=O) groups excluding carboxylic acids is 2. The summed E-state index contributed by atoms with van der Waals surface area (Å²) in [7, 11) is 0. The number of carbonyl (C=O) groups is 2. The lowest BCUT2D eigenvalue weighted by atomic mass is 10.2. The number of nitrogens with one attached hydrogen (secondary N) is 1. The highest BCUT2D eigenvalue weighted by molar-refractivity contribution is 6.32. The Morgan fingerprint density at radius 2 is 2.00 bits per heavy atom. The van der Waals surface area contributed by atoms with Crippen molar-refractivity contribution in [2.75, 3.05) is 11.9 Å². The van der Waals surface area contributed by atoms with E-state index >= 15 is 0 Å². The summed E-state index contributed by atoms with van der Waals surface area (Å²) in [5, 5.41) is 2.83. The molecule has 0 heterocycles. The predicted molar refractivity (Wildman–Crippen MR) is 91.2 cm³/mol. The lowest BCUT2D eigenvalue weighted by Crippen LogP contribution is -2.20. The van der Waals surface area contributed by atoms with Crippen molar-refractivity contribution in [3.8, 4) is 0 Å². The molecule has 6 heteroatoms. The summed E-state index contributed by atoms with van der Waals surface area (Å²) >= 11 is 5.95. The van der Waals surface area contributed by atoms with Crippen LogP contribution < -0.4 is 5.32 Å². The first-order chi connectivity index (χ1) is 11.5. The highest BCUT2D eigenvalue weighted by Crippen LogP contribution is 2.16. The van der Waals surface area contributed by atoms with Gasteiger partial charge in [0.2, 0.25) is 0 Å². The van der Waals surface area contributed by atoms with Gasteiger partial charge in [-0.1, -0.05) is 35.9 Å². The maximum Gasteiger partial charge on any atom is 0.331 e. The summed E-state index contributed by atoms with van der Waals surface area (Å²) in [5.74, 6) is -1.88. The van der Waals surface area contributed by atoms with Gasteiger partial charge in [-0.2, -0.15) is 0 Å². The largest absolute Gasteiger partial charge is 0.452 e. The SMILES string of the molecule is Cc1ccc(NC(=O)COC(=O)/C=C/c2ccccc2Cl)c(F)c1. The van der Waals surface area contributed by atoms with Crippen molar-refractivity contribution >= 4 is 35.2 Å². The molecule has 0 atom stereocenters. The number of anilines is 1. The van der Waals surface area contributed by atoms with Gasteiger partial charge in [0.15, 0.2) is 6.61 Å². The standard InChI is InChI=1S/C18H15ClFNO3/c1-12-6-8-16(15(20)10-12)21-17(22)11-24-18(23)9-7-13-4-2-3-5-14(13)19/h2-10H,11H2,1H3,(H,21,22)/b9-7+. The van der Waals surface area contributed by atoms with E-state index in [1.165, 1.54) is 24.3 Å². The van der Waals surface area contributed by atoms with Crippen LogP contribution >= 0.6 is 11.6 Å². The van der Waals surface area contributed by atoms with Crippen molar-refractivity contribution in [1.82, 2.24) is 0 Å². The van der Waals surface area contributed by atoms with Crippen molar-refractivity contribution in [3.05, 3.63) is 70.5 Å². The van der Waals surface area contributed by atoms with Crippen LogP contribution in [0.1, 0.15) is 11.1 Å². The van der Waals surface area contributed by atoms with Gasteiger partial charge in [0, 0.05) is 11.1 Å². The summed E-state index contributed by atoms with van der Waals surface area (Å²) < 4.78 is 18.4. The van der Waals surface area contributed by atoms with E-state index in [9.17, 15) is 14.0 Å². The van der Waals surface area contributed by atoms with Crippen LogP contribution in [-0.2, 0) is 14.3 Å². The van der Waals surface area contributed by atoms with Gasteiger partial charge in [-0.05, 0) is 42.3 Å². The Bertz CT molecular complexity index is 790. The number of esters is 1. The highest BCUT2D eigenvalue weighted by atomic mass is 35.5. The average molecular weight is 348 g/mol. The van der Waals surface area contributed by atoms with E-state index in [2.05, 4.69) is 5.32 Å². The van der Waals surface area contributed by atoms with Crippen LogP contribution in [0.25, 0.3) is 6.08 Å². The molecule has 0 saturated carbocycles. The van der Waals surface area contributed by atoms with Crippen LogP contribution in [0, 0.1) is 12.7 Å². The second-order valence-corrected chi connectivity index (χ2v) is 5.40. The lowest BCUT2D eigenvalue weighted by Gasteiger charge is -2.07. The molecule has 0 bridgehead atoms. The average Bonchev–Trinajstić information content (AvgIpc) is 2.55. The number of halogens is 2. The van der Waals surface area contributed by atoms with Crippen LogP contribution in [0.2, 0.25) is 5.02 Å². The minimum absolute atomic E-state index is 0.0354. The van der Waals surface area contributed by atoms with Crippen molar-refractivity contribution in [1.29, 1.82) is 0 Å². The molecule has 0 aliphatic rings. The third-order valence-corrected chi connectivity index (χ3v) is 3.39. The molecular weight excluding hydrogens is 333 g/mol. The molecule has 0 aliphatic heterocycles. The number of amides is 1. The molecule has 4 nitrogen and oxygen atoms in total. The monoisotopic (exact) mass is 347 g/mol. The smallest absolute Gasteiger partial charge is 0.331 e. The molecule has 124 valence electrons. The molecule has 24 heavy (non-hydrogen) atoms. The van der Waals surface area contributed by atoms with Crippen molar-refractivity contribution in [2.45, 2.75) is 6.92 Å². The van der Waals surface area contributed by atoms with E-state index in [1.807, 2.05) is 0 Å². The van der Waals surface area contributed by atoms with Gasteiger partial charge < -0.3 is 10.1 Å². The molecule has 0 spiro atoms. The summed E-state index contributed by atoms with van der Waals surface area (Å²) in [6.07, 6.45) is 2.66. The van der Waals surface area contributed by atoms with Crippen molar-refractivity contribution in [2.24, 2.45) is 0 Å². The maximum absolute atomic E-state index is 13.6. The van der Waals surface area contributed by atoms with Gasteiger partial charge >= 0.3 is 5.97 Å². The summed E-state index contributed by atoms with van der Waals surface area (Å²) in [4.78, 5) is 23.3. The zero-order chi connectivity index (χ0) is 17.5. The van der Waals surface area contributed by atoms with E-state index in [0.717, 1.165) is 5.56 Å². The summed E-state index contributed by atoms with van der Waals surface area (Å²) in [6, 6.07) is 11.4. The third kappa shape index (κ3) is 5.21. The Hall–Kier alpha value is -2.66. The van der Waals surface area contributed by atoms with E-state index in [4.69, 9.17) is 16.3 Å². The molecule has 0 saturated heterocycles. The Kier molecular flexibility index (Phi) is 6.09. The molecule has 0 radical (unpaired) electrons. The van der Waals surface area contributed by atoms with Crippen LogP contribution in [0.4, 0.5) is 10.1 Å². The zero-order valence-electron chi connectivity index (χ0n) is 12.9. The third-order valence-electron chi connectivity index (χ3n) is 3.05. The molecule has 2 aromatic rings. The molecule has 2 aromatic carbocycles. The zero-order valence-corrected chi connectivity index (χ0v) is 13.6. The van der Waals surface area contributed by atoms with E-state index in [1.54, 1.807) is 37.3 Å². The molecule has 0 fully saturated rings. The Balaban J connectivity index is 1.85. The van der Waals surface area contributed by atoms with Gasteiger partial charge in [0.05, 0.1) is 5.69 Å². The minimum Gasteiger partial charge on any atom is -0.452 e. The van der Waals surface area contributed by atoms with E-state index in [0.29, 0.717) is 10.6 Å². The Morgan fingerprint density at radius 3 is 2.71 bits per heavy atom. The number of benzene rings is 2. The Morgan fingerprint density at radius 1 is 1.25 bits per heavy atom. The van der Waals surface area contributed by atoms with Gasteiger partial charge in [-0.25, -0.2) is 9.18 Å². The molecule has 2 rings (SSSR count). The van der Waals surface area contributed by atoms with Crippen LogP contribution in [0.5, 0.6) is 0 Å². The molecule has 1 amide bonds. The number of hydrogen-bond donors (Lipinski definition) is 1. The fourth-order valence-electron chi connectivity index (χ4n) is 1.86. The number of rotatable bonds is 5. The maximum atomic E-state index is 13.6. The van der Waals surface area contributed by atoms with E-state index < -0.39 is 24.3 Å². The van der Waals surface area contributed by atoms with Crippen LogP contribution in [-0.4, -0.2) is 18.5 Å². The van der Waals surface area contributed by atoms with E-state index in [-0.39, 0.29) is 5.69 Å². The first kappa shape index (κ1) is 17.7. The number of ether oxygens (including phenoxy) is 1. The van der Waals surface area contributed by atoms with Gasteiger partial charge in [-0.3, -0.25) is 4.79 Å². The molecule has 0 aromatic heterocycles. The lowest BCUT2D eigenvalue weighted by molar-refractivity contribution is -0.142. The molecule has 0 unspecified atom stereocenters. The minimum atomic E-state index is -0.700. The highest BCUT2D eigenvalue weighted by Gasteiger charge is 2.09. The second kappa shape index (κ2) is 8.26. The second-order valence-electron chi connectivity index (χ2n) is 4.99. The summed E-state index contributed by atoms with van der Waals surface area (Å²) in [6.45, 7) is 1.22. The van der Waals surface area contributed by atoms with Gasteiger partial charge in [0.25, 0.3) is 5.91 Å². The van der Waals surface area contributed by atoms with Crippen molar-refractivity contribution < 1.29 is 18.7 Å². The first-order valence-electron chi connectivity index (χ1n) is 7.11. The molecule has 0 aliphatic carbocycles. The molecule has 1 N–H and O–H groups in total. The van der Waals surface area contributed by atoms with Gasteiger partial charge in [-0.15, -0.1) is 0 Å². The number of hydrogen-bond acceptors (Lipinski definition) is 3. The predicted octanol–water partition coefficient (Wildman–Crippen LogP) is 3.98. The van der Waals surface area contributed by atoms with Crippen LogP contribution in [0.3, 0.4) is 0 Å². The Labute approximate surface area is 143 Å². The summed E-state index contributed by atoms with van der Waals surface area (Å²) in [5.41, 5.74) is 1.43. The van der Waals surface area contributed by atoms with Gasteiger partial charge in [0.1, 0.15) is 5.82 Å². The fraction of sp³-hybridized carbons (Fsp3) is 0.111. The number of aryl methyl sites for hydroxylation is 1. The van der Waals surface area contributed by atoms with Crippen LogP contribution in [0.15, 0.2) is 48.5 Å². The fourth-order valence-corrected chi connectivity index (χ4v) is 2.06. The van der Waals surface area contributed by atoms with Crippen molar-refractivity contribution in [3.63, 3.8) is 0 Å². The normalized spacial score (nSPS) is 10.6. The first-order valence-corrected chi connectivity index (χ1v) is 7.49. The molecular formula is C18H15ClFNO3.